The predicted molar refractivity (Wildman–Crippen MR) is 78.6 cm³/mol. The van der Waals surface area contributed by atoms with Gasteiger partial charge >= 0.3 is 0 Å². The number of ether oxygens (including phenoxy) is 1. The Balaban J connectivity index is 2.00. The number of benzene rings is 1. The molecule has 2 rings (SSSR count). The van der Waals surface area contributed by atoms with E-state index in [1.54, 1.807) is 6.08 Å². The van der Waals surface area contributed by atoms with Gasteiger partial charge in [-0.2, -0.15) is 0 Å². The summed E-state index contributed by atoms with van der Waals surface area (Å²) in [7, 11) is 0. The highest BCUT2D eigenvalue weighted by atomic mass is 16.5. The van der Waals surface area contributed by atoms with Gasteiger partial charge in [0, 0.05) is 12.5 Å². The van der Waals surface area contributed by atoms with E-state index in [1.165, 1.54) is 11.6 Å². The zero-order chi connectivity index (χ0) is 14.6. The molecule has 1 amide bonds. The summed E-state index contributed by atoms with van der Waals surface area (Å²) in [5.74, 6) is 0.741. The summed E-state index contributed by atoms with van der Waals surface area (Å²) in [5.41, 5.74) is 1.60. The summed E-state index contributed by atoms with van der Waals surface area (Å²) in [4.78, 5) is 11.8. The van der Waals surface area contributed by atoms with Gasteiger partial charge in [0.1, 0.15) is 5.75 Å². The van der Waals surface area contributed by atoms with Crippen LogP contribution in [-0.4, -0.2) is 29.8 Å². The van der Waals surface area contributed by atoms with Crippen LogP contribution >= 0.6 is 0 Å². The third kappa shape index (κ3) is 3.39. The molecule has 0 radical (unpaired) electrons. The summed E-state index contributed by atoms with van der Waals surface area (Å²) in [5, 5.41) is 12.1. The zero-order valence-electron chi connectivity index (χ0n) is 12.0. The van der Waals surface area contributed by atoms with Crippen molar-refractivity contribution in [1.82, 2.24) is 5.32 Å². The molecular formula is C16H21NO3. The lowest BCUT2D eigenvalue weighted by Crippen LogP contribution is -2.47. The first-order valence-electron chi connectivity index (χ1n) is 6.93. The van der Waals surface area contributed by atoms with E-state index < -0.39 is 5.54 Å². The third-order valence-corrected chi connectivity index (χ3v) is 3.69. The first kappa shape index (κ1) is 14.6. The van der Waals surface area contributed by atoms with Gasteiger partial charge in [-0.05, 0) is 42.7 Å². The Bertz CT molecular complexity index is 518. The number of hydrogen-bond acceptors (Lipinski definition) is 3. The van der Waals surface area contributed by atoms with Crippen LogP contribution in [0.25, 0.3) is 6.08 Å². The number of carbonyl (C=O) groups excluding carboxylic acids is 1. The van der Waals surface area contributed by atoms with Crippen LogP contribution in [0, 0.1) is 0 Å². The molecule has 4 heteroatoms. The van der Waals surface area contributed by atoms with Crippen molar-refractivity contribution in [3.8, 4) is 5.75 Å². The second-order valence-electron chi connectivity index (χ2n) is 5.36. The van der Waals surface area contributed by atoms with E-state index >= 15 is 0 Å². The topological polar surface area (TPSA) is 58.6 Å². The van der Waals surface area contributed by atoms with Gasteiger partial charge in [0.25, 0.3) is 0 Å². The average molecular weight is 275 g/mol. The second-order valence-corrected chi connectivity index (χ2v) is 5.36. The van der Waals surface area contributed by atoms with Crippen LogP contribution in [-0.2, 0) is 11.2 Å². The normalized spacial score (nSPS) is 16.6. The van der Waals surface area contributed by atoms with Gasteiger partial charge in [0.2, 0.25) is 5.91 Å². The van der Waals surface area contributed by atoms with Crippen molar-refractivity contribution < 1.29 is 14.6 Å². The van der Waals surface area contributed by atoms with Crippen molar-refractivity contribution in [2.75, 3.05) is 13.2 Å². The highest BCUT2D eigenvalue weighted by molar-refractivity contribution is 5.92. The molecule has 0 aliphatic carbocycles. The second kappa shape index (κ2) is 6.09. The summed E-state index contributed by atoms with van der Waals surface area (Å²) >= 11 is 0. The molecule has 0 aromatic heterocycles. The first-order valence-corrected chi connectivity index (χ1v) is 6.93. The minimum Gasteiger partial charge on any atom is -0.493 e. The van der Waals surface area contributed by atoms with Crippen LogP contribution in [0.1, 0.15) is 31.4 Å². The van der Waals surface area contributed by atoms with Crippen LogP contribution in [0.15, 0.2) is 24.3 Å². The van der Waals surface area contributed by atoms with E-state index in [1.807, 2.05) is 32.0 Å². The molecule has 1 atom stereocenters. The van der Waals surface area contributed by atoms with Crippen molar-refractivity contribution in [1.29, 1.82) is 0 Å². The van der Waals surface area contributed by atoms with Gasteiger partial charge in [-0.1, -0.05) is 13.0 Å². The molecule has 4 nitrogen and oxygen atoms in total. The predicted octanol–water partition coefficient (Wildman–Crippen LogP) is 1.91. The lowest BCUT2D eigenvalue weighted by atomic mass is 10.0. The number of aliphatic hydroxyl groups excluding tert-OH is 1. The standard InChI is InChI=1S/C16H21NO3/c1-3-16(2,11-18)17-15(19)7-5-12-4-6-14-13(10-12)8-9-20-14/h4-7,10,18H,3,8-9,11H2,1-2H3,(H,17,19). The van der Waals surface area contributed by atoms with E-state index in [2.05, 4.69) is 5.32 Å². The molecule has 20 heavy (non-hydrogen) atoms. The van der Waals surface area contributed by atoms with Gasteiger partial charge in [0.15, 0.2) is 0 Å². The number of fused-ring (bicyclic) bond motifs is 1. The van der Waals surface area contributed by atoms with Crippen LogP contribution < -0.4 is 10.1 Å². The molecule has 1 aromatic carbocycles. The molecule has 108 valence electrons. The van der Waals surface area contributed by atoms with Gasteiger partial charge in [-0.15, -0.1) is 0 Å². The van der Waals surface area contributed by atoms with Gasteiger partial charge < -0.3 is 15.2 Å². The summed E-state index contributed by atoms with van der Waals surface area (Å²) in [6.45, 7) is 4.42. The molecule has 1 unspecified atom stereocenters. The Hall–Kier alpha value is -1.81. The fraction of sp³-hybridized carbons (Fsp3) is 0.438. The third-order valence-electron chi connectivity index (χ3n) is 3.69. The molecule has 0 saturated carbocycles. The number of aliphatic hydroxyl groups is 1. The molecule has 0 saturated heterocycles. The molecule has 0 spiro atoms. The Morgan fingerprint density at radius 2 is 2.35 bits per heavy atom. The number of hydrogen-bond donors (Lipinski definition) is 2. The highest BCUT2D eigenvalue weighted by Gasteiger charge is 2.21. The number of nitrogens with one attached hydrogen (secondary N) is 1. The summed E-state index contributed by atoms with van der Waals surface area (Å²) in [6, 6.07) is 5.90. The fourth-order valence-corrected chi connectivity index (χ4v) is 2.06. The maximum atomic E-state index is 11.8. The van der Waals surface area contributed by atoms with Crippen LogP contribution in [0.5, 0.6) is 5.75 Å². The SMILES string of the molecule is CCC(C)(CO)NC(=O)C=Cc1ccc2c(c1)CCO2. The van der Waals surface area contributed by atoms with E-state index in [9.17, 15) is 9.90 Å². The quantitative estimate of drug-likeness (QED) is 0.807. The van der Waals surface area contributed by atoms with E-state index in [0.29, 0.717) is 6.42 Å². The molecule has 2 N–H and O–H groups in total. The number of carbonyl (C=O) groups is 1. The highest BCUT2D eigenvalue weighted by Crippen LogP contribution is 2.26. The van der Waals surface area contributed by atoms with Crippen molar-refractivity contribution in [3.63, 3.8) is 0 Å². The molecule has 0 fully saturated rings. The first-order chi connectivity index (χ1) is 9.56. The zero-order valence-corrected chi connectivity index (χ0v) is 12.0. The fourth-order valence-electron chi connectivity index (χ4n) is 2.06. The van der Waals surface area contributed by atoms with Crippen molar-refractivity contribution >= 4 is 12.0 Å². The van der Waals surface area contributed by atoms with E-state index in [0.717, 1.165) is 24.3 Å². The van der Waals surface area contributed by atoms with Gasteiger partial charge in [0.05, 0.1) is 18.8 Å². The van der Waals surface area contributed by atoms with Gasteiger partial charge in [-0.25, -0.2) is 0 Å². The summed E-state index contributed by atoms with van der Waals surface area (Å²) in [6.07, 6.45) is 4.88. The maximum absolute atomic E-state index is 11.8. The average Bonchev–Trinajstić information content (AvgIpc) is 2.92. The van der Waals surface area contributed by atoms with E-state index in [4.69, 9.17) is 4.74 Å². The molecule has 1 heterocycles. The molecule has 1 aromatic rings. The number of amides is 1. The smallest absolute Gasteiger partial charge is 0.244 e. The minimum atomic E-state index is -0.562. The van der Waals surface area contributed by atoms with Gasteiger partial charge in [-0.3, -0.25) is 4.79 Å². The molecule has 1 aliphatic heterocycles. The lowest BCUT2D eigenvalue weighted by molar-refractivity contribution is -0.118. The minimum absolute atomic E-state index is 0.0702. The Morgan fingerprint density at radius 1 is 1.55 bits per heavy atom. The molecule has 1 aliphatic rings. The van der Waals surface area contributed by atoms with Crippen molar-refractivity contribution in [3.05, 3.63) is 35.4 Å². The van der Waals surface area contributed by atoms with Crippen molar-refractivity contribution in [2.24, 2.45) is 0 Å². The monoisotopic (exact) mass is 275 g/mol. The summed E-state index contributed by atoms with van der Waals surface area (Å²) < 4.78 is 5.44. The Labute approximate surface area is 119 Å². The van der Waals surface area contributed by atoms with E-state index in [-0.39, 0.29) is 12.5 Å². The Kier molecular flexibility index (Phi) is 4.45. The molecular weight excluding hydrogens is 254 g/mol. The number of rotatable bonds is 5. The Morgan fingerprint density at radius 3 is 3.05 bits per heavy atom. The maximum Gasteiger partial charge on any atom is 0.244 e. The van der Waals surface area contributed by atoms with Crippen LogP contribution in [0.4, 0.5) is 0 Å². The lowest BCUT2D eigenvalue weighted by Gasteiger charge is -2.26. The van der Waals surface area contributed by atoms with Crippen LogP contribution in [0.2, 0.25) is 0 Å². The van der Waals surface area contributed by atoms with Crippen molar-refractivity contribution in [2.45, 2.75) is 32.2 Å². The largest absolute Gasteiger partial charge is 0.493 e. The van der Waals surface area contributed by atoms with Crippen LogP contribution in [0.3, 0.4) is 0 Å². The molecule has 0 bridgehead atoms.